The molecule has 4 aliphatic heterocycles. The number of H-pyrrole nitrogens is 4. The molecule has 4 aromatic heterocycles. The van der Waals surface area contributed by atoms with E-state index in [-0.39, 0.29) is 103 Å². The number of nitrogens with one attached hydrogen (secondary N) is 6. The normalized spacial score (nSPS) is 15.1. The Labute approximate surface area is 767 Å². The molecule has 0 fully saturated rings. The zero-order valence-electron chi connectivity index (χ0n) is 65.5. The summed E-state index contributed by atoms with van der Waals surface area (Å²) in [4.78, 5) is 112. The molecule has 0 spiro atoms. The van der Waals surface area contributed by atoms with Crippen LogP contribution in [0, 0.1) is 0 Å². The molecule has 8 N–H and O–H groups in total. The minimum Gasteiger partial charge on any atom is -0.870 e. The van der Waals surface area contributed by atoms with Crippen LogP contribution in [0.25, 0.3) is 43.6 Å². The average molecular weight is 1780 g/mol. The van der Waals surface area contributed by atoms with Crippen LogP contribution in [-0.4, -0.2) is 166 Å². The fourth-order valence-corrected chi connectivity index (χ4v) is 15.8. The summed E-state index contributed by atoms with van der Waals surface area (Å²) >= 11 is 29.4. The number of carbonyl (C=O) groups is 8. The number of fused-ring (bicyclic) bond motifs is 12. The smallest absolute Gasteiger partial charge is 0.870 e. The van der Waals surface area contributed by atoms with E-state index < -0.39 is 64.9 Å². The summed E-state index contributed by atoms with van der Waals surface area (Å²) in [5.74, 6) is -2.96. The van der Waals surface area contributed by atoms with Crippen molar-refractivity contribution >= 4 is 161 Å². The molecular weight excluding hydrogens is 1690 g/mol. The molecule has 0 aliphatic carbocycles. The number of esters is 2. The Morgan fingerprint density at radius 2 is 0.725 bits per heavy atom. The zero-order chi connectivity index (χ0) is 81.9. The summed E-state index contributed by atoms with van der Waals surface area (Å²) in [5.41, 5.74) is 16.3. The Morgan fingerprint density at radius 3 is 1.02 bits per heavy atom. The van der Waals surface area contributed by atoms with Gasteiger partial charge in [-0.05, 0) is 224 Å². The Morgan fingerprint density at radius 1 is 0.425 bits per heavy atom. The van der Waals surface area contributed by atoms with Crippen LogP contribution in [-0.2, 0) is 73.5 Å². The number of hydrogen-bond donors (Lipinski definition) is 7. The first-order valence-electron chi connectivity index (χ1n) is 37.0. The van der Waals surface area contributed by atoms with Gasteiger partial charge in [-0.15, -0.1) is 12.4 Å². The van der Waals surface area contributed by atoms with Crippen molar-refractivity contribution in [2.45, 2.75) is 85.5 Å². The molecule has 120 heavy (non-hydrogen) atoms. The van der Waals surface area contributed by atoms with Gasteiger partial charge in [-0.3, -0.25) is 24.0 Å². The maximum absolute atomic E-state index is 12.9. The van der Waals surface area contributed by atoms with Gasteiger partial charge < -0.3 is 84.3 Å². The number of nitrogens with zero attached hydrogens (tertiary/aromatic N) is 3. The Kier molecular flexibility index (Phi) is 36.0. The molecule has 8 aromatic carbocycles. The molecule has 8 heterocycles. The van der Waals surface area contributed by atoms with Crippen LogP contribution in [0.4, 0.5) is 0 Å². The minimum absolute atomic E-state index is 0. The summed E-state index contributed by atoms with van der Waals surface area (Å²) in [6.07, 6.45) is 2.84. The first-order valence-corrected chi connectivity index (χ1v) is 38.8. The van der Waals surface area contributed by atoms with E-state index in [1.54, 1.807) is 77.2 Å². The van der Waals surface area contributed by atoms with E-state index in [1.165, 1.54) is 27.1 Å². The number of amides is 4. The molecule has 4 amide bonds. The van der Waals surface area contributed by atoms with Gasteiger partial charge in [-0.2, -0.15) is 0 Å². The van der Waals surface area contributed by atoms with Crippen LogP contribution >= 0.6 is 70.4 Å². The van der Waals surface area contributed by atoms with E-state index in [4.69, 9.17) is 81.7 Å². The van der Waals surface area contributed by atoms with Crippen molar-refractivity contribution in [3.05, 3.63) is 257 Å². The summed E-state index contributed by atoms with van der Waals surface area (Å²) in [7, 11) is 6.48. The van der Waals surface area contributed by atoms with Crippen molar-refractivity contribution < 1.29 is 129 Å². The molecule has 4 atom stereocenters. The van der Waals surface area contributed by atoms with Crippen molar-refractivity contribution in [3.63, 3.8) is 0 Å². The van der Waals surface area contributed by atoms with E-state index in [0.717, 1.165) is 124 Å². The number of aliphatic carboxylic acids is 1. The van der Waals surface area contributed by atoms with Gasteiger partial charge in [0.15, 0.2) is 0 Å². The van der Waals surface area contributed by atoms with E-state index in [9.17, 15) is 43.5 Å². The molecular formula is C88H92Cl6KN9O16. The first kappa shape index (κ1) is 97.5. The van der Waals surface area contributed by atoms with Crippen molar-refractivity contribution in [2.24, 2.45) is 0 Å². The number of likely N-dealkylation sites (N-methyl/N-ethyl adjacent to an activating group) is 1. The number of carboxylic acids is 1. The second-order valence-corrected chi connectivity index (χ2v) is 29.0. The predicted molar refractivity (Wildman–Crippen MR) is 464 cm³/mol. The van der Waals surface area contributed by atoms with Gasteiger partial charge in [0.2, 0.25) is 0 Å². The molecule has 0 bridgehead atoms. The van der Waals surface area contributed by atoms with Crippen LogP contribution in [0.3, 0.4) is 0 Å². The summed E-state index contributed by atoms with van der Waals surface area (Å²) in [6, 6.07) is 52.5. The molecule has 12 aromatic rings. The maximum atomic E-state index is 12.9. The second-order valence-electron chi connectivity index (χ2n) is 26.9. The zero-order valence-corrected chi connectivity index (χ0v) is 73.2. The topological polar surface area (TPSA) is 339 Å². The van der Waals surface area contributed by atoms with Gasteiger partial charge in [-0.25, -0.2) is 14.4 Å². The Balaban J connectivity index is 0.000000212. The number of carboxylic acid groups (broad SMARTS) is 1. The Bertz CT molecular complexity index is 5450. The number of aromatic nitrogens is 4. The van der Waals surface area contributed by atoms with Crippen molar-refractivity contribution in [1.29, 1.82) is 0 Å². The molecule has 25 nitrogen and oxygen atoms in total. The van der Waals surface area contributed by atoms with Gasteiger partial charge in [0.05, 0.1) is 65.8 Å². The van der Waals surface area contributed by atoms with Crippen LogP contribution in [0.15, 0.2) is 170 Å². The number of rotatable bonds is 12. The molecule has 4 aliphatic rings. The quantitative estimate of drug-likeness (QED) is 0.0259. The van der Waals surface area contributed by atoms with Gasteiger partial charge in [-0.1, -0.05) is 110 Å². The van der Waals surface area contributed by atoms with Gasteiger partial charge in [0.25, 0.3) is 0 Å². The fourth-order valence-electron chi connectivity index (χ4n) is 15.1. The third kappa shape index (κ3) is 21.6. The second kappa shape index (κ2) is 44.3. The molecule has 4 unspecified atom stereocenters. The molecule has 32 heteroatoms. The molecule has 628 valence electrons. The van der Waals surface area contributed by atoms with Crippen molar-refractivity contribution in [3.8, 4) is 23.0 Å². The van der Waals surface area contributed by atoms with E-state index in [2.05, 4.69) is 59.6 Å². The summed E-state index contributed by atoms with van der Waals surface area (Å²) in [5, 5.41) is 21.5. The standard InChI is InChI=1S/C22H22ClN3O3.C22H21ClN2O4.C20H17ClN2O4.C18H17ClN2O.C4H5ClO3.2CH4.ClH.K.H2O/c1-3-24-21(27)22(28)26-11-10-16-17-12-14(23)6-9-18(17)25-19(16)20(26)13-4-7-15(29-2)8-5-13;1-3-29-22(27)21(26)25-11-10-16-17-12-14(23)6-9-18(17)24-19(16)20(25)13-4-7-15(28-2)8-5-13;1-27-13-5-2-11(3-6-13)18-17-14(8-9-23(18)19(24)20(25)26)15-10-12(21)4-7-16(15)22-17;1-22-13-5-2-11(3-6-13)17-18-14(8-9-20-17)15-10-12(19)4-7-16(15)21-18;1-2-8-4(7)3(5)6;;;;;/h4-9,12,20,25H,3,10-11H2,1-2H3,(H,24,27);4-9,12,20,24H,3,10-11H2,1-2H3;2-7,10,18,22H,8-9H2,1H3,(H,25,26);2-7,10,17,20-21H,8-9H2,1H3;2H2,1H3;2*1H4;1H;;1H2/q;;;;;;;;+1;/p-1. The van der Waals surface area contributed by atoms with Crippen LogP contribution in [0.2, 0.25) is 20.1 Å². The number of hydrogen-bond acceptors (Lipinski definition) is 16. The van der Waals surface area contributed by atoms with Crippen molar-refractivity contribution in [1.82, 2.24) is 45.3 Å². The summed E-state index contributed by atoms with van der Waals surface area (Å²) < 4.78 is 30.1. The number of ether oxygens (including phenoxy) is 6. The van der Waals surface area contributed by atoms with Gasteiger partial charge in [0, 0.05) is 119 Å². The summed E-state index contributed by atoms with van der Waals surface area (Å²) in [6.45, 7) is 7.93. The maximum Gasteiger partial charge on any atom is 1.00 e. The average Bonchev–Trinajstić information content (AvgIpc) is 1.74. The van der Waals surface area contributed by atoms with Crippen LogP contribution in [0.1, 0.15) is 127 Å². The van der Waals surface area contributed by atoms with E-state index in [0.29, 0.717) is 66.3 Å². The van der Waals surface area contributed by atoms with Crippen LogP contribution in [0.5, 0.6) is 23.0 Å². The molecule has 0 saturated heterocycles. The Hall–Kier alpha value is -9.62. The van der Waals surface area contributed by atoms with Crippen LogP contribution < -0.4 is 81.0 Å². The number of halogens is 6. The van der Waals surface area contributed by atoms with E-state index >= 15 is 0 Å². The monoisotopic (exact) mass is 1780 g/mol. The van der Waals surface area contributed by atoms with Crippen molar-refractivity contribution in [2.75, 3.05) is 74.4 Å². The number of aromatic amines is 4. The minimum atomic E-state index is -1.46. The largest absolute Gasteiger partial charge is 1.00 e. The third-order valence-electron chi connectivity index (χ3n) is 20.3. The fraction of sp³-hybridized carbons (Fsp3) is 0.273. The number of carbonyl (C=O) groups excluding carboxylic acids is 7. The first-order chi connectivity index (χ1) is 55.5. The van der Waals surface area contributed by atoms with E-state index in [1.807, 2.05) is 127 Å². The van der Waals surface area contributed by atoms with Gasteiger partial charge >= 0.3 is 98.2 Å². The molecule has 16 rings (SSSR count). The SMILES string of the molecule is C.C.CCNC(=O)C(=O)N1CCc2c([nH]c3ccc(Cl)cc23)C1c1ccc(OC)cc1.CCOC(=O)C(=O)Cl.CCOC(=O)C(=O)N1CCc2c([nH]c3ccc(Cl)cc23)C1c1ccc(OC)cc1.COc1ccc(C2NCCc3c2[nH]c2ccc(Cl)cc32)cc1.COc1ccc(C2c3[nH]c4ccc(Cl)cc4c3CCN2C(=O)C(=O)O)cc1.Cl.[K+].[OH-]. The van der Waals surface area contributed by atoms with Gasteiger partial charge in [0.1, 0.15) is 23.0 Å². The number of benzene rings is 8. The molecule has 0 saturated carbocycles. The molecule has 0 radical (unpaired) electrons. The third-order valence-corrected chi connectivity index (χ3v) is 21.4. The predicted octanol–water partition coefficient (Wildman–Crippen LogP) is 13.6. The number of methoxy groups -OCH3 is 4.